The lowest BCUT2D eigenvalue weighted by Gasteiger charge is -2.15. The van der Waals surface area contributed by atoms with Gasteiger partial charge >= 0.3 is 5.97 Å². The van der Waals surface area contributed by atoms with Crippen LogP contribution < -0.4 is 4.74 Å². The summed E-state index contributed by atoms with van der Waals surface area (Å²) in [5.41, 5.74) is 1.10. The van der Waals surface area contributed by atoms with Gasteiger partial charge in [-0.25, -0.2) is 0 Å². The van der Waals surface area contributed by atoms with Crippen LogP contribution in [0.5, 0.6) is 5.75 Å². The van der Waals surface area contributed by atoms with Crippen molar-refractivity contribution in [1.82, 2.24) is 0 Å². The third-order valence-electron chi connectivity index (χ3n) is 3.18. The van der Waals surface area contributed by atoms with Crippen molar-refractivity contribution in [1.29, 1.82) is 0 Å². The molecule has 2 rings (SSSR count). The summed E-state index contributed by atoms with van der Waals surface area (Å²) in [6.07, 6.45) is 2.52. The van der Waals surface area contributed by atoms with Crippen molar-refractivity contribution >= 4 is 5.97 Å². The van der Waals surface area contributed by atoms with Crippen LogP contribution >= 0.6 is 0 Å². The predicted octanol–water partition coefficient (Wildman–Crippen LogP) is 3.05. The summed E-state index contributed by atoms with van der Waals surface area (Å²) >= 11 is 0. The lowest BCUT2D eigenvalue weighted by atomic mass is 9.91. The van der Waals surface area contributed by atoms with Crippen LogP contribution in [-0.4, -0.2) is 17.7 Å². The summed E-state index contributed by atoms with van der Waals surface area (Å²) in [4.78, 5) is 10.9. The Morgan fingerprint density at radius 2 is 2.29 bits per heavy atom. The average molecular weight is 234 g/mol. The molecule has 1 aliphatic carbocycles. The van der Waals surface area contributed by atoms with Crippen molar-refractivity contribution in [2.75, 3.05) is 6.61 Å². The van der Waals surface area contributed by atoms with Crippen LogP contribution in [0, 0.1) is 5.92 Å². The van der Waals surface area contributed by atoms with E-state index in [1.165, 1.54) is 0 Å². The first-order chi connectivity index (χ1) is 8.20. The van der Waals surface area contributed by atoms with Gasteiger partial charge in [0, 0.05) is 0 Å². The quantitative estimate of drug-likeness (QED) is 0.822. The first-order valence-electron chi connectivity index (χ1n) is 6.15. The number of benzene rings is 1. The smallest absolute Gasteiger partial charge is 0.303 e. The number of hydrogen-bond donors (Lipinski definition) is 1. The summed E-state index contributed by atoms with van der Waals surface area (Å²) in [5.74, 6) is 0.806. The van der Waals surface area contributed by atoms with Crippen molar-refractivity contribution in [3.63, 3.8) is 0 Å². The van der Waals surface area contributed by atoms with Crippen LogP contribution in [0.25, 0.3) is 0 Å². The molecule has 1 aromatic carbocycles. The van der Waals surface area contributed by atoms with E-state index in [0.29, 0.717) is 12.5 Å². The van der Waals surface area contributed by atoms with Crippen LogP contribution in [0.1, 0.15) is 37.7 Å². The highest BCUT2D eigenvalue weighted by atomic mass is 16.5. The van der Waals surface area contributed by atoms with Crippen molar-refractivity contribution in [2.45, 2.75) is 32.1 Å². The number of hydrogen-bond acceptors (Lipinski definition) is 2. The van der Waals surface area contributed by atoms with E-state index < -0.39 is 5.97 Å². The molecule has 0 aliphatic heterocycles. The van der Waals surface area contributed by atoms with Crippen LogP contribution in [0.2, 0.25) is 0 Å². The lowest BCUT2D eigenvalue weighted by molar-refractivity contribution is -0.137. The minimum Gasteiger partial charge on any atom is -0.494 e. The summed E-state index contributed by atoms with van der Waals surface area (Å²) < 4.78 is 5.45. The molecule has 1 atom stereocenters. The fourth-order valence-electron chi connectivity index (χ4n) is 2.25. The Morgan fingerprint density at radius 1 is 1.53 bits per heavy atom. The summed E-state index contributed by atoms with van der Waals surface area (Å²) in [5, 5.41) is 8.96. The SMILES string of the molecule is CCOc1cccc(C(CC(=O)O)C2CC2)c1. The summed E-state index contributed by atoms with van der Waals surface area (Å²) in [6, 6.07) is 7.85. The van der Waals surface area contributed by atoms with Crippen molar-refractivity contribution in [2.24, 2.45) is 5.92 Å². The second kappa shape index (κ2) is 5.21. The van der Waals surface area contributed by atoms with Gasteiger partial charge in [0.15, 0.2) is 0 Å². The molecule has 0 radical (unpaired) electrons. The van der Waals surface area contributed by atoms with E-state index in [9.17, 15) is 4.79 Å². The van der Waals surface area contributed by atoms with E-state index in [4.69, 9.17) is 9.84 Å². The third-order valence-corrected chi connectivity index (χ3v) is 3.18. The maximum atomic E-state index is 10.9. The Morgan fingerprint density at radius 3 is 2.88 bits per heavy atom. The largest absolute Gasteiger partial charge is 0.494 e. The maximum Gasteiger partial charge on any atom is 0.303 e. The zero-order valence-corrected chi connectivity index (χ0v) is 10.1. The van der Waals surface area contributed by atoms with Gasteiger partial charge in [0.2, 0.25) is 0 Å². The van der Waals surface area contributed by atoms with E-state index in [-0.39, 0.29) is 12.3 Å². The Kier molecular flexibility index (Phi) is 3.67. The molecule has 0 aromatic heterocycles. The monoisotopic (exact) mass is 234 g/mol. The number of aliphatic carboxylic acids is 1. The van der Waals surface area contributed by atoms with Crippen LogP contribution in [-0.2, 0) is 4.79 Å². The molecule has 0 saturated heterocycles. The third kappa shape index (κ3) is 3.22. The number of carboxylic acids is 1. The van der Waals surface area contributed by atoms with Crippen molar-refractivity contribution in [3.8, 4) is 5.75 Å². The van der Waals surface area contributed by atoms with Crippen LogP contribution in [0.3, 0.4) is 0 Å². The van der Waals surface area contributed by atoms with E-state index in [1.54, 1.807) is 0 Å². The summed E-state index contributed by atoms with van der Waals surface area (Å²) in [6.45, 7) is 2.58. The second-order valence-corrected chi connectivity index (χ2v) is 4.55. The van der Waals surface area contributed by atoms with E-state index >= 15 is 0 Å². The first-order valence-corrected chi connectivity index (χ1v) is 6.15. The molecule has 1 aliphatic rings. The van der Waals surface area contributed by atoms with Crippen LogP contribution in [0.15, 0.2) is 24.3 Å². The highest BCUT2D eigenvalue weighted by Crippen LogP contribution is 2.44. The van der Waals surface area contributed by atoms with E-state index in [1.807, 2.05) is 31.2 Å². The second-order valence-electron chi connectivity index (χ2n) is 4.55. The molecule has 3 heteroatoms. The molecule has 0 amide bonds. The van der Waals surface area contributed by atoms with Crippen molar-refractivity contribution < 1.29 is 14.6 Å². The summed E-state index contributed by atoms with van der Waals surface area (Å²) in [7, 11) is 0. The molecule has 0 heterocycles. The molecule has 1 unspecified atom stereocenters. The Hall–Kier alpha value is -1.51. The Labute approximate surface area is 101 Å². The van der Waals surface area contributed by atoms with Gasteiger partial charge in [-0.05, 0) is 49.3 Å². The van der Waals surface area contributed by atoms with Gasteiger partial charge in [0.05, 0.1) is 13.0 Å². The molecular weight excluding hydrogens is 216 g/mol. The number of carbonyl (C=O) groups is 1. The normalized spacial score (nSPS) is 16.5. The van der Waals surface area contributed by atoms with Gasteiger partial charge in [-0.2, -0.15) is 0 Å². The predicted molar refractivity (Wildman–Crippen MR) is 65.3 cm³/mol. The molecule has 17 heavy (non-hydrogen) atoms. The first kappa shape index (κ1) is 12.0. The van der Waals surface area contributed by atoms with Crippen LogP contribution in [0.4, 0.5) is 0 Å². The number of ether oxygens (including phenoxy) is 1. The highest BCUT2D eigenvalue weighted by Gasteiger charge is 2.33. The highest BCUT2D eigenvalue weighted by molar-refractivity contribution is 5.68. The molecule has 3 nitrogen and oxygen atoms in total. The average Bonchev–Trinajstić information content (AvgIpc) is 3.10. The van der Waals surface area contributed by atoms with Gasteiger partial charge in [-0.3, -0.25) is 4.79 Å². The number of carboxylic acid groups (broad SMARTS) is 1. The number of rotatable bonds is 6. The molecule has 1 saturated carbocycles. The lowest BCUT2D eigenvalue weighted by Crippen LogP contribution is -2.08. The zero-order chi connectivity index (χ0) is 12.3. The molecule has 1 fully saturated rings. The fourth-order valence-corrected chi connectivity index (χ4v) is 2.25. The van der Waals surface area contributed by atoms with Gasteiger partial charge in [0.25, 0.3) is 0 Å². The van der Waals surface area contributed by atoms with E-state index in [0.717, 1.165) is 24.2 Å². The maximum absolute atomic E-state index is 10.9. The molecular formula is C14H18O3. The molecule has 92 valence electrons. The fraction of sp³-hybridized carbons (Fsp3) is 0.500. The van der Waals surface area contributed by atoms with E-state index in [2.05, 4.69) is 0 Å². The minimum absolute atomic E-state index is 0.146. The zero-order valence-electron chi connectivity index (χ0n) is 10.1. The van der Waals surface area contributed by atoms with Gasteiger partial charge in [-0.15, -0.1) is 0 Å². The standard InChI is InChI=1S/C14H18O3/c1-2-17-12-5-3-4-11(8-12)13(9-14(15)16)10-6-7-10/h3-5,8,10,13H,2,6-7,9H2,1H3,(H,15,16). The Balaban J connectivity index is 2.16. The molecule has 1 N–H and O–H groups in total. The minimum atomic E-state index is -0.719. The molecule has 1 aromatic rings. The van der Waals surface area contributed by atoms with Crippen molar-refractivity contribution in [3.05, 3.63) is 29.8 Å². The molecule has 0 spiro atoms. The Bertz CT molecular complexity index is 396. The van der Waals surface area contributed by atoms with Gasteiger partial charge in [0.1, 0.15) is 5.75 Å². The molecule has 0 bridgehead atoms. The van der Waals surface area contributed by atoms with Gasteiger partial charge < -0.3 is 9.84 Å². The topological polar surface area (TPSA) is 46.5 Å². The van der Waals surface area contributed by atoms with Gasteiger partial charge in [-0.1, -0.05) is 12.1 Å².